The Morgan fingerprint density at radius 2 is 1.45 bits per heavy atom. The number of carbonyl (C=O) groups excluding carboxylic acids is 2. The van der Waals surface area contributed by atoms with Gasteiger partial charge in [-0.15, -0.1) is 0 Å². The molecule has 6 nitrogen and oxygen atoms in total. The van der Waals surface area contributed by atoms with Crippen LogP contribution in [0, 0.1) is 5.92 Å². The minimum atomic E-state index is -0.295. The Kier molecular flexibility index (Phi) is 5.53. The van der Waals surface area contributed by atoms with Crippen molar-refractivity contribution in [2.75, 3.05) is 27.2 Å². The normalized spacial score (nSPS) is 26.6. The van der Waals surface area contributed by atoms with Gasteiger partial charge in [0.15, 0.2) is 0 Å². The number of hydrogen-bond acceptors (Lipinski definition) is 2. The number of nitrogens with two attached hydrogens (primary N) is 1. The Labute approximate surface area is 133 Å². The molecule has 126 valence electrons. The molecule has 0 bridgehead atoms. The maximum Gasteiger partial charge on any atom is 0.319 e. The highest BCUT2D eigenvalue weighted by molar-refractivity contribution is 5.74. The summed E-state index contributed by atoms with van der Waals surface area (Å²) in [7, 11) is 3.54. The van der Waals surface area contributed by atoms with E-state index in [-0.39, 0.29) is 24.1 Å². The molecule has 1 aliphatic heterocycles. The van der Waals surface area contributed by atoms with Crippen LogP contribution in [-0.2, 0) is 0 Å². The predicted molar refractivity (Wildman–Crippen MR) is 86.5 cm³/mol. The molecule has 0 aromatic heterocycles. The maximum absolute atomic E-state index is 12.0. The van der Waals surface area contributed by atoms with Crippen LogP contribution in [0.4, 0.5) is 9.59 Å². The lowest BCUT2D eigenvalue weighted by molar-refractivity contribution is 0.0823. The number of urea groups is 2. The average Bonchev–Trinajstić information content (AvgIpc) is 2.49. The third kappa shape index (κ3) is 3.84. The number of carbonyl (C=O) groups is 2. The van der Waals surface area contributed by atoms with Crippen LogP contribution in [0.2, 0.25) is 0 Å². The van der Waals surface area contributed by atoms with Crippen LogP contribution in [0.15, 0.2) is 0 Å². The zero-order valence-electron chi connectivity index (χ0n) is 14.1. The van der Waals surface area contributed by atoms with Gasteiger partial charge < -0.3 is 20.4 Å². The van der Waals surface area contributed by atoms with E-state index in [4.69, 9.17) is 5.73 Å². The number of primary amides is 1. The van der Waals surface area contributed by atoms with E-state index < -0.39 is 0 Å². The van der Waals surface area contributed by atoms with Crippen molar-refractivity contribution >= 4 is 12.1 Å². The number of amides is 4. The molecular formula is C16H30N4O2. The number of nitrogens with zero attached hydrogens (tertiary/aromatic N) is 3. The fourth-order valence-corrected chi connectivity index (χ4v) is 3.80. The SMILES string of the molecule is CC1CCC(N(C(N)=O)C2CCN(C(=O)N(C)C)CC2)CC1. The lowest BCUT2D eigenvalue weighted by Crippen LogP contribution is -2.55. The lowest BCUT2D eigenvalue weighted by Gasteiger charge is -2.43. The summed E-state index contributed by atoms with van der Waals surface area (Å²) in [6.45, 7) is 3.68. The Hall–Kier alpha value is -1.46. The molecule has 1 saturated heterocycles. The summed E-state index contributed by atoms with van der Waals surface area (Å²) < 4.78 is 0. The Bertz CT molecular complexity index is 397. The number of rotatable bonds is 2. The second-order valence-corrected chi connectivity index (χ2v) is 7.05. The van der Waals surface area contributed by atoms with Crippen LogP contribution >= 0.6 is 0 Å². The standard InChI is InChI=1S/C16H30N4O2/c1-12-4-6-13(7-5-12)20(15(17)21)14-8-10-19(11-9-14)16(22)18(2)3/h12-14H,4-11H2,1-3H3,(H2,17,21). The van der Waals surface area contributed by atoms with Gasteiger partial charge in [0.25, 0.3) is 0 Å². The molecule has 2 N–H and O–H groups in total. The first-order valence-electron chi connectivity index (χ1n) is 8.44. The summed E-state index contributed by atoms with van der Waals surface area (Å²) >= 11 is 0. The van der Waals surface area contributed by atoms with E-state index in [1.165, 1.54) is 12.8 Å². The summed E-state index contributed by atoms with van der Waals surface area (Å²) in [6.07, 6.45) is 6.11. The second-order valence-electron chi connectivity index (χ2n) is 7.05. The van der Waals surface area contributed by atoms with Crippen molar-refractivity contribution in [1.82, 2.24) is 14.7 Å². The van der Waals surface area contributed by atoms with Gasteiger partial charge in [-0.05, 0) is 44.4 Å². The van der Waals surface area contributed by atoms with E-state index in [9.17, 15) is 9.59 Å². The molecule has 6 heteroatoms. The van der Waals surface area contributed by atoms with Gasteiger partial charge >= 0.3 is 12.1 Å². The molecule has 0 aromatic rings. The predicted octanol–water partition coefficient (Wildman–Crippen LogP) is 2.09. The molecule has 4 amide bonds. The van der Waals surface area contributed by atoms with Crippen molar-refractivity contribution in [1.29, 1.82) is 0 Å². The molecule has 2 rings (SSSR count). The van der Waals surface area contributed by atoms with E-state index in [0.29, 0.717) is 13.1 Å². The molecule has 0 spiro atoms. The number of piperidine rings is 1. The molecule has 0 atom stereocenters. The third-order valence-electron chi connectivity index (χ3n) is 5.14. The number of likely N-dealkylation sites (tertiary alicyclic amines) is 1. The first-order chi connectivity index (χ1) is 10.4. The smallest absolute Gasteiger partial charge is 0.319 e. The molecule has 0 aromatic carbocycles. The van der Waals surface area contributed by atoms with Gasteiger partial charge in [0, 0.05) is 39.3 Å². The van der Waals surface area contributed by atoms with Crippen LogP contribution in [-0.4, -0.2) is 66.0 Å². The Balaban J connectivity index is 1.94. The quantitative estimate of drug-likeness (QED) is 0.848. The topological polar surface area (TPSA) is 69.9 Å². The monoisotopic (exact) mass is 310 g/mol. The molecule has 1 aliphatic carbocycles. The molecule has 1 heterocycles. The Morgan fingerprint density at radius 3 is 1.91 bits per heavy atom. The van der Waals surface area contributed by atoms with E-state index in [1.54, 1.807) is 19.0 Å². The van der Waals surface area contributed by atoms with E-state index in [0.717, 1.165) is 31.6 Å². The van der Waals surface area contributed by atoms with Crippen LogP contribution in [0.5, 0.6) is 0 Å². The van der Waals surface area contributed by atoms with Gasteiger partial charge in [-0.3, -0.25) is 0 Å². The van der Waals surface area contributed by atoms with Crippen LogP contribution in [0.25, 0.3) is 0 Å². The Morgan fingerprint density at radius 1 is 0.955 bits per heavy atom. The minimum Gasteiger partial charge on any atom is -0.351 e. The van der Waals surface area contributed by atoms with Crippen molar-refractivity contribution in [3.8, 4) is 0 Å². The molecular weight excluding hydrogens is 280 g/mol. The van der Waals surface area contributed by atoms with Gasteiger partial charge in [0.05, 0.1) is 0 Å². The summed E-state index contributed by atoms with van der Waals surface area (Å²) in [5.74, 6) is 0.755. The molecule has 0 radical (unpaired) electrons. The van der Waals surface area contributed by atoms with Crippen LogP contribution < -0.4 is 5.73 Å². The third-order valence-corrected chi connectivity index (χ3v) is 5.14. The first kappa shape index (κ1) is 16.9. The second kappa shape index (κ2) is 7.20. The van der Waals surface area contributed by atoms with Crippen molar-refractivity contribution < 1.29 is 9.59 Å². The van der Waals surface area contributed by atoms with E-state index >= 15 is 0 Å². The van der Waals surface area contributed by atoms with Gasteiger partial charge in [-0.25, -0.2) is 9.59 Å². The fourth-order valence-electron chi connectivity index (χ4n) is 3.80. The highest BCUT2D eigenvalue weighted by atomic mass is 16.2. The largest absolute Gasteiger partial charge is 0.351 e. The fraction of sp³-hybridized carbons (Fsp3) is 0.875. The van der Waals surface area contributed by atoms with Gasteiger partial charge in [-0.2, -0.15) is 0 Å². The molecule has 1 saturated carbocycles. The molecule has 0 unspecified atom stereocenters. The molecule has 22 heavy (non-hydrogen) atoms. The zero-order valence-corrected chi connectivity index (χ0v) is 14.1. The maximum atomic E-state index is 12.0. The highest BCUT2D eigenvalue weighted by Gasteiger charge is 2.34. The highest BCUT2D eigenvalue weighted by Crippen LogP contribution is 2.30. The van der Waals surface area contributed by atoms with Crippen molar-refractivity contribution in [2.45, 2.75) is 57.5 Å². The van der Waals surface area contributed by atoms with Crippen molar-refractivity contribution in [2.24, 2.45) is 11.7 Å². The summed E-state index contributed by atoms with van der Waals surface area (Å²) in [5.41, 5.74) is 5.67. The minimum absolute atomic E-state index is 0.0515. The van der Waals surface area contributed by atoms with E-state index in [2.05, 4.69) is 6.92 Å². The molecule has 2 fully saturated rings. The van der Waals surface area contributed by atoms with Crippen LogP contribution in [0.3, 0.4) is 0 Å². The van der Waals surface area contributed by atoms with E-state index in [1.807, 2.05) is 9.80 Å². The first-order valence-corrected chi connectivity index (χ1v) is 8.44. The average molecular weight is 310 g/mol. The van der Waals surface area contributed by atoms with Gasteiger partial charge in [-0.1, -0.05) is 6.92 Å². The zero-order chi connectivity index (χ0) is 16.3. The van der Waals surface area contributed by atoms with Crippen molar-refractivity contribution in [3.05, 3.63) is 0 Å². The van der Waals surface area contributed by atoms with Gasteiger partial charge in [0.2, 0.25) is 0 Å². The van der Waals surface area contributed by atoms with Crippen LogP contribution in [0.1, 0.15) is 45.4 Å². The van der Waals surface area contributed by atoms with Gasteiger partial charge in [0.1, 0.15) is 0 Å². The molecule has 2 aliphatic rings. The summed E-state index contributed by atoms with van der Waals surface area (Å²) in [4.78, 5) is 29.3. The summed E-state index contributed by atoms with van der Waals surface area (Å²) in [5, 5.41) is 0. The summed E-state index contributed by atoms with van der Waals surface area (Å²) in [6, 6.07) is 0.226. The number of hydrogen-bond donors (Lipinski definition) is 1. The lowest BCUT2D eigenvalue weighted by atomic mass is 9.85. The van der Waals surface area contributed by atoms with Crippen molar-refractivity contribution in [3.63, 3.8) is 0 Å².